The summed E-state index contributed by atoms with van der Waals surface area (Å²) in [7, 11) is 0. The normalized spacial score (nSPS) is 12.4. The average molecular weight is 277 g/mol. The standard InChI is InChI=1S/C13H12ClF3O/c1-3-9(4-2)8-18-12-6-5-10(7-11(12)14)13(15,16)17/h3-7H,1,8H2,2H3/b9-4+. The van der Waals surface area contributed by atoms with Crippen molar-refractivity contribution < 1.29 is 17.9 Å². The van der Waals surface area contributed by atoms with E-state index in [9.17, 15) is 13.2 Å². The Balaban J connectivity index is 2.84. The second-order valence-electron chi connectivity index (χ2n) is 3.50. The minimum absolute atomic E-state index is 0.0654. The molecule has 0 amide bonds. The highest BCUT2D eigenvalue weighted by Gasteiger charge is 2.31. The van der Waals surface area contributed by atoms with E-state index in [2.05, 4.69) is 6.58 Å². The smallest absolute Gasteiger partial charge is 0.416 e. The van der Waals surface area contributed by atoms with Crippen LogP contribution in [0.2, 0.25) is 5.02 Å². The van der Waals surface area contributed by atoms with Crippen molar-refractivity contribution in [3.05, 3.63) is 53.1 Å². The van der Waals surface area contributed by atoms with E-state index in [1.54, 1.807) is 12.2 Å². The van der Waals surface area contributed by atoms with E-state index in [1.807, 2.05) is 6.92 Å². The summed E-state index contributed by atoms with van der Waals surface area (Å²) >= 11 is 5.73. The Bertz CT molecular complexity index is 464. The van der Waals surface area contributed by atoms with Gasteiger partial charge in [-0.3, -0.25) is 0 Å². The monoisotopic (exact) mass is 276 g/mol. The fraction of sp³-hybridized carbons (Fsp3) is 0.231. The summed E-state index contributed by atoms with van der Waals surface area (Å²) in [5, 5.41) is -0.0654. The topological polar surface area (TPSA) is 9.23 Å². The Morgan fingerprint density at radius 3 is 2.56 bits per heavy atom. The van der Waals surface area contributed by atoms with Crippen LogP contribution in [0.1, 0.15) is 12.5 Å². The maximum Gasteiger partial charge on any atom is 0.416 e. The van der Waals surface area contributed by atoms with E-state index in [4.69, 9.17) is 16.3 Å². The van der Waals surface area contributed by atoms with Crippen LogP contribution in [0, 0.1) is 0 Å². The van der Waals surface area contributed by atoms with Crippen LogP contribution >= 0.6 is 11.6 Å². The van der Waals surface area contributed by atoms with Crippen LogP contribution in [-0.2, 0) is 6.18 Å². The zero-order chi connectivity index (χ0) is 13.8. The molecule has 0 N–H and O–H groups in total. The largest absolute Gasteiger partial charge is 0.487 e. The molecule has 5 heteroatoms. The van der Waals surface area contributed by atoms with Gasteiger partial charge in [-0.1, -0.05) is 30.3 Å². The van der Waals surface area contributed by atoms with E-state index >= 15 is 0 Å². The van der Waals surface area contributed by atoms with Gasteiger partial charge in [-0.15, -0.1) is 0 Å². The lowest BCUT2D eigenvalue weighted by molar-refractivity contribution is -0.137. The van der Waals surface area contributed by atoms with Gasteiger partial charge in [0.15, 0.2) is 0 Å². The van der Waals surface area contributed by atoms with Crippen LogP contribution in [0.25, 0.3) is 0 Å². The van der Waals surface area contributed by atoms with Crippen LogP contribution in [0.4, 0.5) is 13.2 Å². The van der Waals surface area contributed by atoms with Gasteiger partial charge in [0.1, 0.15) is 12.4 Å². The van der Waals surface area contributed by atoms with Gasteiger partial charge in [0.2, 0.25) is 0 Å². The molecule has 1 nitrogen and oxygen atoms in total. The number of hydrogen-bond donors (Lipinski definition) is 0. The summed E-state index contributed by atoms with van der Waals surface area (Å²) < 4.78 is 42.5. The van der Waals surface area contributed by atoms with Crippen molar-refractivity contribution in [1.29, 1.82) is 0 Å². The van der Waals surface area contributed by atoms with Gasteiger partial charge in [0.05, 0.1) is 10.6 Å². The summed E-state index contributed by atoms with van der Waals surface area (Å²) in [4.78, 5) is 0. The zero-order valence-electron chi connectivity index (χ0n) is 9.72. The molecule has 0 aliphatic heterocycles. The number of halogens is 4. The third-order valence-electron chi connectivity index (χ3n) is 2.29. The van der Waals surface area contributed by atoms with E-state index in [-0.39, 0.29) is 17.4 Å². The molecule has 0 aliphatic rings. The molecule has 1 aromatic rings. The third kappa shape index (κ3) is 3.81. The van der Waals surface area contributed by atoms with Crippen LogP contribution < -0.4 is 4.74 Å². The van der Waals surface area contributed by atoms with Crippen LogP contribution in [0.3, 0.4) is 0 Å². The summed E-state index contributed by atoms with van der Waals surface area (Å²) in [6.07, 6.45) is -0.999. The third-order valence-corrected chi connectivity index (χ3v) is 2.58. The number of hydrogen-bond acceptors (Lipinski definition) is 1. The fourth-order valence-corrected chi connectivity index (χ4v) is 1.45. The van der Waals surface area contributed by atoms with E-state index in [0.717, 1.165) is 17.7 Å². The molecule has 0 aliphatic carbocycles. The number of allylic oxidation sites excluding steroid dienone is 1. The van der Waals surface area contributed by atoms with Gasteiger partial charge in [-0.05, 0) is 30.7 Å². The van der Waals surface area contributed by atoms with Gasteiger partial charge >= 0.3 is 6.18 Å². The first-order chi connectivity index (χ1) is 8.38. The molecule has 98 valence electrons. The number of ether oxygens (including phenoxy) is 1. The Kier molecular flexibility index (Phi) is 4.84. The molecule has 18 heavy (non-hydrogen) atoms. The molecule has 0 fully saturated rings. The zero-order valence-corrected chi connectivity index (χ0v) is 10.5. The molecular formula is C13H12ClF3O. The van der Waals surface area contributed by atoms with Gasteiger partial charge < -0.3 is 4.74 Å². The second-order valence-corrected chi connectivity index (χ2v) is 3.91. The lowest BCUT2D eigenvalue weighted by Gasteiger charge is -2.11. The summed E-state index contributed by atoms with van der Waals surface area (Å²) in [6, 6.07) is 2.99. The van der Waals surface area contributed by atoms with Gasteiger partial charge in [-0.2, -0.15) is 13.2 Å². The Hall–Kier alpha value is -1.42. The van der Waals surface area contributed by atoms with Gasteiger partial charge in [-0.25, -0.2) is 0 Å². The molecule has 0 spiro atoms. The molecule has 0 saturated carbocycles. The minimum Gasteiger partial charge on any atom is -0.487 e. The van der Waals surface area contributed by atoms with Crippen molar-refractivity contribution in [3.63, 3.8) is 0 Å². The SMILES string of the molecule is C=C/C(=C\C)COc1ccc(C(F)(F)F)cc1Cl. The Morgan fingerprint density at radius 1 is 1.44 bits per heavy atom. The maximum atomic E-state index is 12.4. The number of benzene rings is 1. The summed E-state index contributed by atoms with van der Waals surface area (Å²) in [5.74, 6) is 0.214. The molecular weight excluding hydrogens is 265 g/mol. The highest BCUT2D eigenvalue weighted by molar-refractivity contribution is 6.32. The van der Waals surface area contributed by atoms with E-state index < -0.39 is 11.7 Å². The van der Waals surface area contributed by atoms with Crippen molar-refractivity contribution in [2.24, 2.45) is 0 Å². The van der Waals surface area contributed by atoms with Crippen LogP contribution in [0.5, 0.6) is 5.75 Å². The van der Waals surface area contributed by atoms with Crippen molar-refractivity contribution in [2.75, 3.05) is 6.61 Å². The van der Waals surface area contributed by atoms with Crippen molar-refractivity contribution in [2.45, 2.75) is 13.1 Å². The van der Waals surface area contributed by atoms with E-state index in [0.29, 0.717) is 0 Å². The predicted octanol–water partition coefficient (Wildman–Crippen LogP) is 4.87. The molecule has 0 atom stereocenters. The maximum absolute atomic E-state index is 12.4. The lowest BCUT2D eigenvalue weighted by Crippen LogP contribution is -2.05. The molecule has 0 heterocycles. The van der Waals surface area contributed by atoms with Crippen LogP contribution in [0.15, 0.2) is 42.5 Å². The predicted molar refractivity (Wildman–Crippen MR) is 65.9 cm³/mol. The first-order valence-electron chi connectivity index (χ1n) is 5.15. The second kappa shape index (κ2) is 5.96. The fourth-order valence-electron chi connectivity index (χ4n) is 1.22. The number of alkyl halides is 3. The lowest BCUT2D eigenvalue weighted by atomic mass is 10.2. The highest BCUT2D eigenvalue weighted by Crippen LogP contribution is 2.34. The van der Waals surface area contributed by atoms with Crippen molar-refractivity contribution in [3.8, 4) is 5.75 Å². The summed E-state index contributed by atoms with van der Waals surface area (Å²) in [5.41, 5.74) is 0.0285. The van der Waals surface area contributed by atoms with Gasteiger partial charge in [0, 0.05) is 0 Å². The highest BCUT2D eigenvalue weighted by atomic mass is 35.5. The molecule has 0 saturated heterocycles. The minimum atomic E-state index is -4.40. The average Bonchev–Trinajstić information content (AvgIpc) is 2.30. The molecule has 0 unspecified atom stereocenters. The molecule has 0 bridgehead atoms. The molecule has 0 radical (unpaired) electrons. The summed E-state index contributed by atoms with van der Waals surface area (Å²) in [6.45, 7) is 5.61. The van der Waals surface area contributed by atoms with E-state index in [1.165, 1.54) is 6.07 Å². The Morgan fingerprint density at radius 2 is 2.11 bits per heavy atom. The molecule has 1 aromatic carbocycles. The Labute approximate surface area is 109 Å². The van der Waals surface area contributed by atoms with Gasteiger partial charge in [0.25, 0.3) is 0 Å². The number of rotatable bonds is 4. The first-order valence-corrected chi connectivity index (χ1v) is 5.53. The van der Waals surface area contributed by atoms with Crippen molar-refractivity contribution >= 4 is 11.6 Å². The van der Waals surface area contributed by atoms with Crippen molar-refractivity contribution in [1.82, 2.24) is 0 Å². The van der Waals surface area contributed by atoms with Crippen LogP contribution in [-0.4, -0.2) is 6.61 Å². The molecule has 1 rings (SSSR count). The quantitative estimate of drug-likeness (QED) is 0.713. The first kappa shape index (κ1) is 14.6. The molecule has 0 aromatic heterocycles.